The predicted molar refractivity (Wildman–Crippen MR) is 44.5 cm³/mol. The van der Waals surface area contributed by atoms with Crippen molar-refractivity contribution in [2.75, 3.05) is 0 Å². The summed E-state index contributed by atoms with van der Waals surface area (Å²) in [5, 5.41) is 9.19. The molecule has 0 bridgehead atoms. The molecule has 0 aliphatic carbocycles. The molecule has 1 N–H and O–H groups in total. The highest BCUT2D eigenvalue weighted by Crippen LogP contribution is 2.23. The van der Waals surface area contributed by atoms with E-state index >= 15 is 0 Å². The number of rotatable bonds is 2. The second-order valence-electron chi connectivity index (χ2n) is 3.90. The zero-order valence-electron chi connectivity index (χ0n) is 7.10. The van der Waals surface area contributed by atoms with Crippen LogP contribution in [0, 0.1) is 0 Å². The lowest BCUT2D eigenvalue weighted by Gasteiger charge is -2.27. The second kappa shape index (κ2) is 2.84. The molecule has 0 saturated carbocycles. The first-order chi connectivity index (χ1) is 3.85. The Hall–Kier alpha value is 0.177. The van der Waals surface area contributed by atoms with Crippen molar-refractivity contribution in [3.63, 3.8) is 0 Å². The number of aliphatic hydroxyl groups excluding tert-OH is 1. The first kappa shape index (κ1) is 9.18. The Kier molecular flexibility index (Phi) is 2.90. The molecule has 0 spiro atoms. The van der Waals surface area contributed by atoms with E-state index in [2.05, 4.69) is 26.6 Å². The van der Waals surface area contributed by atoms with E-state index in [9.17, 15) is 5.11 Å². The molecule has 0 aromatic rings. The summed E-state index contributed by atoms with van der Waals surface area (Å²) < 4.78 is 0. The molecule has 0 heterocycles. The van der Waals surface area contributed by atoms with Gasteiger partial charge in [-0.1, -0.05) is 26.6 Å². The molecule has 0 aromatic heterocycles. The molecular weight excluding hydrogens is 128 g/mol. The lowest BCUT2D eigenvalue weighted by atomic mass is 10.3. The molecule has 0 radical (unpaired) electrons. The third kappa shape index (κ3) is 3.01. The molecule has 0 unspecified atom stereocenters. The van der Waals surface area contributed by atoms with Gasteiger partial charge in [-0.25, -0.2) is 0 Å². The van der Waals surface area contributed by atoms with Crippen molar-refractivity contribution in [2.45, 2.75) is 45.1 Å². The smallest absolute Gasteiger partial charge is 0.0514 e. The Balaban J connectivity index is 3.88. The van der Waals surface area contributed by atoms with Crippen molar-refractivity contribution in [1.29, 1.82) is 0 Å². The van der Waals surface area contributed by atoms with Crippen molar-refractivity contribution in [2.24, 2.45) is 0 Å². The van der Waals surface area contributed by atoms with Gasteiger partial charge in [-0.3, -0.25) is 0 Å². The maximum Gasteiger partial charge on any atom is 0.0514 e. The van der Waals surface area contributed by atoms with Crippen LogP contribution in [0.3, 0.4) is 0 Å². The molecule has 0 aliphatic heterocycles. The SMILES string of the molecule is C[C@H]([C@@H](C)O)[Si](C)(C)C. The summed E-state index contributed by atoms with van der Waals surface area (Å²) in [5.74, 6) is 0. The standard InChI is InChI=1S/C7H18OSi/c1-6(8)7(2)9(3,4)5/h6-8H,1-5H3/t6-,7-/m1/s1. The van der Waals surface area contributed by atoms with Gasteiger partial charge in [0.15, 0.2) is 0 Å². The molecule has 0 saturated heterocycles. The van der Waals surface area contributed by atoms with Crippen LogP contribution in [0.1, 0.15) is 13.8 Å². The summed E-state index contributed by atoms with van der Waals surface area (Å²) >= 11 is 0. The van der Waals surface area contributed by atoms with Crippen molar-refractivity contribution < 1.29 is 5.11 Å². The van der Waals surface area contributed by atoms with Crippen molar-refractivity contribution >= 4 is 8.07 Å². The van der Waals surface area contributed by atoms with Crippen LogP contribution in [0.2, 0.25) is 25.2 Å². The van der Waals surface area contributed by atoms with E-state index in [0.29, 0.717) is 5.54 Å². The van der Waals surface area contributed by atoms with Crippen LogP contribution in [0.4, 0.5) is 0 Å². The fourth-order valence-electron chi connectivity index (χ4n) is 0.724. The Morgan fingerprint density at radius 3 is 1.44 bits per heavy atom. The molecule has 0 amide bonds. The topological polar surface area (TPSA) is 20.2 Å². The Labute approximate surface area is 59.1 Å². The molecule has 56 valence electrons. The molecule has 2 heteroatoms. The minimum Gasteiger partial charge on any atom is -0.393 e. The zero-order chi connectivity index (χ0) is 7.65. The molecule has 9 heavy (non-hydrogen) atoms. The van der Waals surface area contributed by atoms with Crippen LogP contribution in [-0.4, -0.2) is 19.3 Å². The quantitative estimate of drug-likeness (QED) is 0.591. The minimum absolute atomic E-state index is 0.128. The molecule has 1 nitrogen and oxygen atoms in total. The van der Waals surface area contributed by atoms with Gasteiger partial charge in [-0.15, -0.1) is 0 Å². The summed E-state index contributed by atoms with van der Waals surface area (Å²) in [6.45, 7) is 10.9. The van der Waals surface area contributed by atoms with Gasteiger partial charge in [0.05, 0.1) is 6.10 Å². The van der Waals surface area contributed by atoms with Gasteiger partial charge in [-0.2, -0.15) is 0 Å². The lowest BCUT2D eigenvalue weighted by molar-refractivity contribution is 0.188. The third-order valence-corrected chi connectivity index (χ3v) is 5.30. The Morgan fingerprint density at radius 1 is 1.11 bits per heavy atom. The highest BCUT2D eigenvalue weighted by Gasteiger charge is 2.25. The minimum atomic E-state index is -1.07. The molecule has 0 aromatic carbocycles. The van der Waals surface area contributed by atoms with Gasteiger partial charge < -0.3 is 5.11 Å². The fourth-order valence-corrected chi connectivity index (χ4v) is 2.17. The Bertz CT molecular complexity index is 83.4. The summed E-state index contributed by atoms with van der Waals surface area (Å²) in [6, 6.07) is 0. The largest absolute Gasteiger partial charge is 0.393 e. The summed E-state index contributed by atoms with van der Waals surface area (Å²) in [7, 11) is -1.07. The fraction of sp³-hybridized carbons (Fsp3) is 1.00. The highest BCUT2D eigenvalue weighted by atomic mass is 28.3. The number of aliphatic hydroxyl groups is 1. The monoisotopic (exact) mass is 146 g/mol. The van der Waals surface area contributed by atoms with Crippen molar-refractivity contribution in [3.8, 4) is 0 Å². The number of hydrogen-bond acceptors (Lipinski definition) is 1. The van der Waals surface area contributed by atoms with E-state index in [4.69, 9.17) is 0 Å². The van der Waals surface area contributed by atoms with Crippen molar-refractivity contribution in [1.82, 2.24) is 0 Å². The van der Waals surface area contributed by atoms with E-state index < -0.39 is 8.07 Å². The van der Waals surface area contributed by atoms with Gasteiger partial charge in [0.1, 0.15) is 0 Å². The average molecular weight is 146 g/mol. The van der Waals surface area contributed by atoms with Crippen LogP contribution in [-0.2, 0) is 0 Å². The predicted octanol–water partition coefficient (Wildman–Crippen LogP) is 2.10. The van der Waals surface area contributed by atoms with Crippen LogP contribution in [0.15, 0.2) is 0 Å². The molecule has 0 aliphatic rings. The van der Waals surface area contributed by atoms with E-state index in [-0.39, 0.29) is 6.10 Å². The third-order valence-electron chi connectivity index (χ3n) is 2.09. The van der Waals surface area contributed by atoms with Gasteiger partial charge in [0.25, 0.3) is 0 Å². The highest BCUT2D eigenvalue weighted by molar-refractivity contribution is 6.77. The summed E-state index contributed by atoms with van der Waals surface area (Å²) in [5.41, 5.74) is 0.512. The van der Waals surface area contributed by atoms with Gasteiger partial charge in [-0.05, 0) is 12.5 Å². The maximum atomic E-state index is 9.19. The zero-order valence-corrected chi connectivity index (χ0v) is 8.10. The van der Waals surface area contributed by atoms with E-state index in [1.54, 1.807) is 0 Å². The van der Waals surface area contributed by atoms with E-state index in [0.717, 1.165) is 0 Å². The first-order valence-corrected chi connectivity index (χ1v) is 7.11. The van der Waals surface area contributed by atoms with E-state index in [1.165, 1.54) is 0 Å². The number of hydrogen-bond donors (Lipinski definition) is 1. The van der Waals surface area contributed by atoms with Crippen molar-refractivity contribution in [3.05, 3.63) is 0 Å². The molecule has 0 rings (SSSR count). The van der Waals surface area contributed by atoms with Gasteiger partial charge >= 0.3 is 0 Å². The summed E-state index contributed by atoms with van der Waals surface area (Å²) in [4.78, 5) is 0. The first-order valence-electron chi connectivity index (χ1n) is 3.53. The normalized spacial score (nSPS) is 19.3. The molecule has 2 atom stereocenters. The van der Waals surface area contributed by atoms with Crippen LogP contribution >= 0.6 is 0 Å². The van der Waals surface area contributed by atoms with Gasteiger partial charge in [0, 0.05) is 8.07 Å². The van der Waals surface area contributed by atoms with Crippen LogP contribution in [0.5, 0.6) is 0 Å². The van der Waals surface area contributed by atoms with E-state index in [1.807, 2.05) is 6.92 Å². The maximum absolute atomic E-state index is 9.19. The molecular formula is C7H18OSi. The van der Waals surface area contributed by atoms with Gasteiger partial charge in [0.2, 0.25) is 0 Å². The second-order valence-corrected chi connectivity index (χ2v) is 9.54. The van der Waals surface area contributed by atoms with Crippen LogP contribution in [0.25, 0.3) is 0 Å². The summed E-state index contributed by atoms with van der Waals surface area (Å²) in [6.07, 6.45) is -0.128. The average Bonchev–Trinajstić information content (AvgIpc) is 1.62. The Morgan fingerprint density at radius 2 is 1.44 bits per heavy atom. The lowest BCUT2D eigenvalue weighted by Crippen LogP contribution is -2.32. The van der Waals surface area contributed by atoms with Crippen LogP contribution < -0.4 is 0 Å². The molecule has 0 fully saturated rings.